The fraction of sp³-hybridized carbons (Fsp3) is 0.136. The van der Waals surface area contributed by atoms with Gasteiger partial charge in [0.15, 0.2) is 11.8 Å². The molecule has 0 saturated carbocycles. The summed E-state index contributed by atoms with van der Waals surface area (Å²) >= 11 is 12.1. The molecule has 1 fully saturated rings. The third-order valence-corrected chi connectivity index (χ3v) is 6.35. The Morgan fingerprint density at radius 2 is 1.69 bits per heavy atom. The van der Waals surface area contributed by atoms with Crippen LogP contribution in [-0.2, 0) is 14.4 Å². The van der Waals surface area contributed by atoms with Crippen molar-refractivity contribution < 1.29 is 29.4 Å². The number of ketones is 1. The zero-order chi connectivity index (χ0) is 22.9. The fourth-order valence-corrected chi connectivity index (χ4v) is 4.93. The van der Waals surface area contributed by atoms with Crippen LogP contribution in [0.2, 0.25) is 10.0 Å². The lowest BCUT2D eigenvalue weighted by Crippen LogP contribution is -2.36. The molecule has 1 aliphatic carbocycles. The van der Waals surface area contributed by atoms with Crippen molar-refractivity contribution in [2.75, 3.05) is 4.90 Å². The van der Waals surface area contributed by atoms with Gasteiger partial charge in [-0.05, 0) is 18.2 Å². The van der Waals surface area contributed by atoms with E-state index in [1.165, 1.54) is 30.3 Å². The SMILES string of the molecule is O=C1C(C2=N[C@H](C(=O)O)[C@@H]3C(=O)N(c4ccc(Cl)cc4Cl)C(=O)[C@@H]23)=C(O)c2ccccc21. The first kappa shape index (κ1) is 20.4. The Kier molecular flexibility index (Phi) is 4.47. The smallest absolute Gasteiger partial charge is 0.329 e. The molecule has 0 radical (unpaired) electrons. The van der Waals surface area contributed by atoms with E-state index in [1.54, 1.807) is 12.1 Å². The summed E-state index contributed by atoms with van der Waals surface area (Å²) in [5.41, 5.74) is 0.0117. The number of anilines is 1. The third-order valence-electron chi connectivity index (χ3n) is 5.81. The number of aliphatic carboxylic acids is 1. The van der Waals surface area contributed by atoms with Crippen molar-refractivity contribution >= 4 is 63.9 Å². The van der Waals surface area contributed by atoms with Crippen molar-refractivity contribution in [3.8, 4) is 0 Å². The Bertz CT molecular complexity index is 1330. The van der Waals surface area contributed by atoms with E-state index in [9.17, 15) is 29.4 Å². The number of carbonyl (C=O) groups is 4. The summed E-state index contributed by atoms with van der Waals surface area (Å²) in [5.74, 6) is -6.75. The van der Waals surface area contributed by atoms with Crippen molar-refractivity contribution in [2.24, 2.45) is 16.8 Å². The Morgan fingerprint density at radius 1 is 1.00 bits per heavy atom. The van der Waals surface area contributed by atoms with E-state index in [1.807, 2.05) is 0 Å². The number of carbonyl (C=O) groups excluding carboxylic acids is 3. The zero-order valence-corrected chi connectivity index (χ0v) is 17.5. The van der Waals surface area contributed by atoms with Gasteiger partial charge in [0.05, 0.1) is 33.8 Å². The Labute approximate surface area is 190 Å². The van der Waals surface area contributed by atoms with Crippen LogP contribution in [0.15, 0.2) is 53.0 Å². The van der Waals surface area contributed by atoms with Gasteiger partial charge in [-0.2, -0.15) is 0 Å². The first-order chi connectivity index (χ1) is 15.2. The number of imide groups is 1. The number of amides is 2. The van der Waals surface area contributed by atoms with Crippen molar-refractivity contribution in [2.45, 2.75) is 6.04 Å². The van der Waals surface area contributed by atoms with Gasteiger partial charge in [0, 0.05) is 16.1 Å². The van der Waals surface area contributed by atoms with E-state index in [0.717, 1.165) is 4.90 Å². The largest absolute Gasteiger partial charge is 0.506 e. The van der Waals surface area contributed by atoms with Gasteiger partial charge in [-0.3, -0.25) is 19.4 Å². The van der Waals surface area contributed by atoms with Gasteiger partial charge >= 0.3 is 5.97 Å². The first-order valence-electron chi connectivity index (χ1n) is 9.43. The van der Waals surface area contributed by atoms with Crippen LogP contribution in [0.25, 0.3) is 5.76 Å². The number of allylic oxidation sites excluding steroid dienone is 1. The summed E-state index contributed by atoms with van der Waals surface area (Å²) in [5, 5.41) is 20.7. The molecular weight excluding hydrogens is 459 g/mol. The summed E-state index contributed by atoms with van der Waals surface area (Å²) in [6.07, 6.45) is 0. The molecule has 2 aromatic carbocycles. The number of Topliss-reactive ketones (excluding diaryl/α,β-unsaturated/α-hetero) is 1. The quantitative estimate of drug-likeness (QED) is 0.663. The second kappa shape index (κ2) is 7.01. The number of aliphatic hydroxyl groups is 1. The van der Waals surface area contributed by atoms with E-state index < -0.39 is 47.2 Å². The molecule has 0 unspecified atom stereocenters. The number of benzene rings is 2. The monoisotopic (exact) mass is 470 g/mol. The van der Waals surface area contributed by atoms with Gasteiger partial charge in [0.25, 0.3) is 0 Å². The second-order valence-electron chi connectivity index (χ2n) is 7.51. The minimum absolute atomic E-state index is 0.0240. The Hall–Kier alpha value is -3.49. The molecule has 5 rings (SSSR count). The van der Waals surface area contributed by atoms with Crippen molar-refractivity contribution in [3.63, 3.8) is 0 Å². The predicted octanol–water partition coefficient (Wildman–Crippen LogP) is 3.17. The highest BCUT2D eigenvalue weighted by Gasteiger charge is 2.61. The average Bonchev–Trinajstić information content (AvgIpc) is 3.34. The standard InChI is InChI=1S/C22H12Cl2N2O6/c23-8-5-6-12(11(24)7-8)26-20(29)13-14(21(26)30)17(22(31)32)25-16(13)15-18(27)9-3-1-2-4-10(9)19(15)28/h1-7,13-14,17,27H,(H,31,32)/t13-,14-,17+/m1/s1. The topological polar surface area (TPSA) is 124 Å². The van der Waals surface area contributed by atoms with Crippen LogP contribution in [0.4, 0.5) is 5.69 Å². The highest BCUT2D eigenvalue weighted by Crippen LogP contribution is 2.45. The van der Waals surface area contributed by atoms with E-state index in [2.05, 4.69) is 4.99 Å². The lowest BCUT2D eigenvalue weighted by atomic mass is 9.85. The summed E-state index contributed by atoms with van der Waals surface area (Å²) in [6.45, 7) is 0. The molecule has 2 amide bonds. The Balaban J connectivity index is 1.65. The molecular formula is C22H12Cl2N2O6. The van der Waals surface area contributed by atoms with Crippen LogP contribution in [0.5, 0.6) is 0 Å². The van der Waals surface area contributed by atoms with E-state index >= 15 is 0 Å². The van der Waals surface area contributed by atoms with Crippen LogP contribution in [0, 0.1) is 11.8 Å². The number of aliphatic hydroxyl groups excluding tert-OH is 1. The maximum Gasteiger partial charge on any atom is 0.329 e. The molecule has 2 aliphatic heterocycles. The molecule has 2 N–H and O–H groups in total. The first-order valence-corrected chi connectivity index (χ1v) is 10.2. The number of halogens is 2. The van der Waals surface area contributed by atoms with Gasteiger partial charge < -0.3 is 10.2 Å². The zero-order valence-electron chi connectivity index (χ0n) is 16.0. The molecule has 2 heterocycles. The molecule has 0 bridgehead atoms. The molecule has 3 atom stereocenters. The molecule has 10 heteroatoms. The van der Waals surface area contributed by atoms with Crippen LogP contribution in [-0.4, -0.2) is 45.5 Å². The lowest BCUT2D eigenvalue weighted by Gasteiger charge is -2.18. The summed E-state index contributed by atoms with van der Waals surface area (Å²) < 4.78 is 0. The minimum Gasteiger partial charge on any atom is -0.506 e. The molecule has 2 aromatic rings. The van der Waals surface area contributed by atoms with Gasteiger partial charge in [-0.1, -0.05) is 47.5 Å². The summed E-state index contributed by atoms with van der Waals surface area (Å²) in [4.78, 5) is 56.3. The molecule has 32 heavy (non-hydrogen) atoms. The van der Waals surface area contributed by atoms with Gasteiger partial charge in [-0.15, -0.1) is 0 Å². The lowest BCUT2D eigenvalue weighted by molar-refractivity contribution is -0.141. The number of hydrogen-bond acceptors (Lipinski definition) is 6. The fourth-order valence-electron chi connectivity index (χ4n) is 4.44. The number of carboxylic acids is 1. The molecule has 8 nitrogen and oxygen atoms in total. The van der Waals surface area contributed by atoms with Crippen molar-refractivity contribution in [3.05, 3.63) is 69.2 Å². The maximum atomic E-state index is 13.4. The van der Waals surface area contributed by atoms with Gasteiger partial charge in [0.2, 0.25) is 11.8 Å². The van der Waals surface area contributed by atoms with Crippen LogP contribution < -0.4 is 4.90 Å². The highest BCUT2D eigenvalue weighted by atomic mass is 35.5. The third kappa shape index (κ3) is 2.66. The molecule has 0 aromatic heterocycles. The highest BCUT2D eigenvalue weighted by molar-refractivity contribution is 6.44. The number of nitrogens with zero attached hydrogens (tertiary/aromatic N) is 2. The normalized spacial score (nSPS) is 24.2. The predicted molar refractivity (Wildman–Crippen MR) is 115 cm³/mol. The van der Waals surface area contributed by atoms with Crippen LogP contribution >= 0.6 is 23.2 Å². The minimum atomic E-state index is -1.60. The van der Waals surface area contributed by atoms with E-state index in [4.69, 9.17) is 23.2 Å². The van der Waals surface area contributed by atoms with Crippen LogP contribution in [0.1, 0.15) is 15.9 Å². The molecule has 3 aliphatic rings. The van der Waals surface area contributed by atoms with E-state index in [0.29, 0.717) is 0 Å². The van der Waals surface area contributed by atoms with Gasteiger partial charge in [0.1, 0.15) is 5.76 Å². The maximum absolute atomic E-state index is 13.4. The molecule has 160 valence electrons. The Morgan fingerprint density at radius 3 is 2.31 bits per heavy atom. The van der Waals surface area contributed by atoms with Crippen molar-refractivity contribution in [1.29, 1.82) is 0 Å². The molecule has 0 spiro atoms. The number of rotatable bonds is 3. The summed E-state index contributed by atoms with van der Waals surface area (Å²) in [6, 6.07) is 8.83. The summed E-state index contributed by atoms with van der Waals surface area (Å²) in [7, 11) is 0. The van der Waals surface area contributed by atoms with Crippen molar-refractivity contribution in [1.82, 2.24) is 0 Å². The number of aliphatic imine (C=N–C) groups is 1. The number of carboxylic acid groups (broad SMARTS) is 1. The average molecular weight is 471 g/mol. The van der Waals surface area contributed by atoms with Crippen LogP contribution in [0.3, 0.4) is 0 Å². The number of fused-ring (bicyclic) bond motifs is 2. The van der Waals surface area contributed by atoms with Gasteiger partial charge in [-0.25, -0.2) is 9.69 Å². The molecule has 1 saturated heterocycles. The second-order valence-corrected chi connectivity index (χ2v) is 8.35. The van der Waals surface area contributed by atoms with E-state index in [-0.39, 0.29) is 38.1 Å². The number of hydrogen-bond donors (Lipinski definition) is 2.